The van der Waals surface area contributed by atoms with Gasteiger partial charge in [-0.2, -0.15) is 5.10 Å². The van der Waals surface area contributed by atoms with Crippen LogP contribution in [0.4, 0.5) is 4.39 Å². The summed E-state index contributed by atoms with van der Waals surface area (Å²) in [6.45, 7) is 0.857. The van der Waals surface area contributed by atoms with Gasteiger partial charge in [0.2, 0.25) is 0 Å². The van der Waals surface area contributed by atoms with Crippen molar-refractivity contribution in [3.63, 3.8) is 0 Å². The second kappa shape index (κ2) is 7.84. The molecule has 29 heavy (non-hydrogen) atoms. The summed E-state index contributed by atoms with van der Waals surface area (Å²) in [6.07, 6.45) is -0.463. The molecule has 7 nitrogen and oxygen atoms in total. The first-order valence-corrected chi connectivity index (χ1v) is 9.08. The third-order valence-electron chi connectivity index (χ3n) is 4.72. The van der Waals surface area contributed by atoms with E-state index >= 15 is 0 Å². The van der Waals surface area contributed by atoms with Crippen LogP contribution in [0.5, 0.6) is 0 Å². The number of nitrogens with zero attached hydrogens (tertiary/aromatic N) is 3. The van der Waals surface area contributed by atoms with Gasteiger partial charge in [-0.25, -0.2) is 13.9 Å². The molecule has 4 rings (SSSR count). The minimum absolute atomic E-state index is 0.147. The monoisotopic (exact) mass is 395 g/mol. The van der Waals surface area contributed by atoms with Crippen molar-refractivity contribution >= 4 is 11.9 Å². The Morgan fingerprint density at radius 1 is 1.10 bits per heavy atom. The Bertz CT molecular complexity index is 1050. The number of amides is 1. The van der Waals surface area contributed by atoms with Crippen molar-refractivity contribution in [1.29, 1.82) is 0 Å². The Balaban J connectivity index is 1.64. The van der Waals surface area contributed by atoms with Crippen LogP contribution in [0.3, 0.4) is 0 Å². The predicted octanol–water partition coefficient (Wildman–Crippen LogP) is 2.92. The average molecular weight is 395 g/mol. The molecule has 0 aliphatic carbocycles. The highest BCUT2D eigenvalue weighted by Crippen LogP contribution is 2.24. The molecule has 1 atom stereocenters. The van der Waals surface area contributed by atoms with Gasteiger partial charge in [0, 0.05) is 12.6 Å². The number of morpholine rings is 1. The molecule has 8 heteroatoms. The molecule has 1 unspecified atom stereocenters. The normalized spacial score (nSPS) is 16.6. The molecule has 1 aromatic heterocycles. The van der Waals surface area contributed by atoms with Crippen molar-refractivity contribution in [3.8, 4) is 5.69 Å². The van der Waals surface area contributed by atoms with Gasteiger partial charge in [0.15, 0.2) is 5.69 Å². The van der Waals surface area contributed by atoms with Gasteiger partial charge in [0.1, 0.15) is 17.6 Å². The molecule has 148 valence electrons. The molecular formula is C21H18FN3O4. The van der Waals surface area contributed by atoms with Crippen LogP contribution in [0.25, 0.3) is 5.69 Å². The van der Waals surface area contributed by atoms with E-state index < -0.39 is 12.1 Å². The lowest BCUT2D eigenvalue weighted by Gasteiger charge is -2.33. The predicted molar refractivity (Wildman–Crippen MR) is 102 cm³/mol. The molecule has 2 heterocycles. The van der Waals surface area contributed by atoms with E-state index in [4.69, 9.17) is 4.74 Å². The van der Waals surface area contributed by atoms with Crippen LogP contribution in [0.15, 0.2) is 60.7 Å². The molecule has 0 bridgehead atoms. The van der Waals surface area contributed by atoms with Crippen molar-refractivity contribution in [2.45, 2.75) is 6.10 Å². The molecule has 1 saturated heterocycles. The fourth-order valence-corrected chi connectivity index (χ4v) is 3.31. The van der Waals surface area contributed by atoms with Crippen LogP contribution in [-0.4, -0.2) is 51.4 Å². The van der Waals surface area contributed by atoms with E-state index in [-0.39, 0.29) is 36.3 Å². The van der Waals surface area contributed by atoms with E-state index in [9.17, 15) is 19.1 Å². The third-order valence-corrected chi connectivity index (χ3v) is 4.72. The zero-order valence-corrected chi connectivity index (χ0v) is 15.4. The number of hydrogen-bond acceptors (Lipinski definition) is 4. The highest BCUT2D eigenvalue weighted by atomic mass is 19.1. The van der Waals surface area contributed by atoms with Crippen LogP contribution >= 0.6 is 0 Å². The summed E-state index contributed by atoms with van der Waals surface area (Å²) in [7, 11) is 0. The summed E-state index contributed by atoms with van der Waals surface area (Å²) in [5.74, 6) is -1.95. The van der Waals surface area contributed by atoms with Gasteiger partial charge in [-0.3, -0.25) is 4.79 Å². The highest BCUT2D eigenvalue weighted by Gasteiger charge is 2.29. The molecule has 1 fully saturated rings. The number of ether oxygens (including phenoxy) is 1. The third kappa shape index (κ3) is 3.88. The summed E-state index contributed by atoms with van der Waals surface area (Å²) in [5, 5.41) is 13.4. The first-order valence-electron chi connectivity index (χ1n) is 9.08. The van der Waals surface area contributed by atoms with Gasteiger partial charge in [-0.1, -0.05) is 30.3 Å². The number of rotatable bonds is 4. The van der Waals surface area contributed by atoms with Crippen molar-refractivity contribution in [2.75, 3.05) is 19.7 Å². The fourth-order valence-electron chi connectivity index (χ4n) is 3.31. The Hall–Kier alpha value is -3.52. The second-order valence-electron chi connectivity index (χ2n) is 6.63. The van der Waals surface area contributed by atoms with Crippen LogP contribution in [-0.2, 0) is 4.74 Å². The lowest BCUT2D eigenvalue weighted by molar-refractivity contribution is -0.0232. The molecule has 1 aliphatic rings. The maximum absolute atomic E-state index is 13.6. The number of aromatic nitrogens is 2. The number of aromatic carboxylic acids is 1. The van der Waals surface area contributed by atoms with Gasteiger partial charge in [0.25, 0.3) is 5.91 Å². The highest BCUT2D eigenvalue weighted by molar-refractivity contribution is 5.96. The van der Waals surface area contributed by atoms with Crippen molar-refractivity contribution in [2.24, 2.45) is 0 Å². The summed E-state index contributed by atoms with van der Waals surface area (Å²) < 4.78 is 20.6. The summed E-state index contributed by atoms with van der Waals surface area (Å²) in [4.78, 5) is 26.2. The zero-order valence-electron chi connectivity index (χ0n) is 15.4. The Morgan fingerprint density at radius 3 is 2.62 bits per heavy atom. The van der Waals surface area contributed by atoms with E-state index in [0.29, 0.717) is 17.8 Å². The number of halogens is 1. The van der Waals surface area contributed by atoms with E-state index in [1.54, 1.807) is 41.3 Å². The molecule has 0 spiro atoms. The van der Waals surface area contributed by atoms with E-state index in [1.807, 2.05) is 6.07 Å². The minimum Gasteiger partial charge on any atom is -0.476 e. The number of carbonyl (C=O) groups is 2. The van der Waals surface area contributed by atoms with Crippen LogP contribution in [0.1, 0.15) is 32.6 Å². The lowest BCUT2D eigenvalue weighted by atomic mass is 10.1. The van der Waals surface area contributed by atoms with Crippen LogP contribution in [0, 0.1) is 5.82 Å². The first kappa shape index (κ1) is 18.8. The van der Waals surface area contributed by atoms with Crippen molar-refractivity contribution in [3.05, 3.63) is 83.4 Å². The smallest absolute Gasteiger partial charge is 0.356 e. The largest absolute Gasteiger partial charge is 0.476 e. The lowest BCUT2D eigenvalue weighted by Crippen LogP contribution is -2.43. The van der Waals surface area contributed by atoms with Gasteiger partial charge < -0.3 is 14.7 Å². The molecule has 3 aromatic rings. The number of benzene rings is 2. The topological polar surface area (TPSA) is 84.7 Å². The number of carbonyl (C=O) groups excluding carboxylic acids is 1. The maximum Gasteiger partial charge on any atom is 0.356 e. The summed E-state index contributed by atoms with van der Waals surface area (Å²) in [6, 6.07) is 16.2. The van der Waals surface area contributed by atoms with Gasteiger partial charge in [0.05, 0.1) is 18.8 Å². The molecule has 2 aromatic carbocycles. The number of carboxylic acid groups (broad SMARTS) is 1. The molecule has 0 radical (unpaired) electrons. The van der Waals surface area contributed by atoms with Gasteiger partial charge in [-0.05, 0) is 29.8 Å². The first-order chi connectivity index (χ1) is 14.0. The Morgan fingerprint density at radius 2 is 1.90 bits per heavy atom. The zero-order chi connectivity index (χ0) is 20.4. The SMILES string of the molecule is O=C(O)c1cc(C(=O)N2CCOC(c3cccc(F)c3)C2)n(-c2ccccc2)n1. The molecule has 1 aliphatic heterocycles. The van der Waals surface area contributed by atoms with E-state index in [0.717, 1.165) is 0 Å². The molecule has 1 N–H and O–H groups in total. The van der Waals surface area contributed by atoms with E-state index in [1.165, 1.54) is 22.9 Å². The van der Waals surface area contributed by atoms with Crippen molar-refractivity contribution < 1.29 is 23.8 Å². The fraction of sp³-hybridized carbons (Fsp3) is 0.190. The van der Waals surface area contributed by atoms with E-state index in [2.05, 4.69) is 5.10 Å². The average Bonchev–Trinajstić information content (AvgIpc) is 3.20. The standard InChI is InChI=1S/C21H18FN3O4/c22-15-6-4-5-14(11-15)19-13-24(9-10-29-19)20(26)18-12-17(21(27)28)23-25(18)16-7-2-1-3-8-16/h1-8,11-12,19H,9-10,13H2,(H,27,28). The van der Waals surface area contributed by atoms with Crippen LogP contribution in [0.2, 0.25) is 0 Å². The second-order valence-corrected chi connectivity index (χ2v) is 6.63. The Kier molecular flexibility index (Phi) is 5.09. The van der Waals surface area contributed by atoms with Gasteiger partial charge in [-0.15, -0.1) is 0 Å². The molecular weight excluding hydrogens is 377 g/mol. The maximum atomic E-state index is 13.6. The summed E-state index contributed by atoms with van der Waals surface area (Å²) in [5.41, 5.74) is 1.16. The van der Waals surface area contributed by atoms with Crippen molar-refractivity contribution in [1.82, 2.24) is 14.7 Å². The Labute approximate surface area is 165 Å². The van der Waals surface area contributed by atoms with Crippen LogP contribution < -0.4 is 0 Å². The number of hydrogen-bond donors (Lipinski definition) is 1. The number of para-hydroxylation sites is 1. The number of carboxylic acids is 1. The molecule has 1 amide bonds. The minimum atomic E-state index is -1.21. The quantitative estimate of drug-likeness (QED) is 0.734. The molecule has 0 saturated carbocycles. The summed E-state index contributed by atoms with van der Waals surface area (Å²) >= 11 is 0. The van der Waals surface area contributed by atoms with Gasteiger partial charge >= 0.3 is 5.97 Å².